The van der Waals surface area contributed by atoms with Crippen LogP contribution in [0.1, 0.15) is 17.4 Å². The zero-order valence-electron chi connectivity index (χ0n) is 9.95. The third-order valence-corrected chi connectivity index (χ3v) is 2.84. The first-order valence-electron chi connectivity index (χ1n) is 5.55. The van der Waals surface area contributed by atoms with Crippen LogP contribution >= 0.6 is 0 Å². The van der Waals surface area contributed by atoms with Crippen LogP contribution in [0.25, 0.3) is 0 Å². The lowest BCUT2D eigenvalue weighted by atomic mass is 10.1. The van der Waals surface area contributed by atoms with Gasteiger partial charge in [0.2, 0.25) is 5.43 Å². The van der Waals surface area contributed by atoms with Crippen LogP contribution in [-0.4, -0.2) is 19.8 Å². The lowest BCUT2D eigenvalue weighted by Gasteiger charge is -2.14. The van der Waals surface area contributed by atoms with Crippen molar-refractivity contribution < 1.29 is 10.2 Å². The molecule has 2 aromatic rings. The zero-order valence-corrected chi connectivity index (χ0v) is 9.95. The Balaban J connectivity index is 2.30. The molecule has 2 N–H and O–H groups in total. The van der Waals surface area contributed by atoms with Crippen molar-refractivity contribution >= 4 is 0 Å². The second-order valence-electron chi connectivity index (χ2n) is 4.09. The van der Waals surface area contributed by atoms with Crippen LogP contribution < -0.4 is 5.43 Å². The molecule has 0 aliphatic heterocycles. The second-order valence-corrected chi connectivity index (χ2v) is 4.09. The molecule has 5 heteroatoms. The van der Waals surface area contributed by atoms with Crippen LogP contribution in [0.2, 0.25) is 0 Å². The van der Waals surface area contributed by atoms with E-state index in [1.807, 2.05) is 0 Å². The molecule has 94 valence electrons. The summed E-state index contributed by atoms with van der Waals surface area (Å²) in [4.78, 5) is 15.3. The first-order valence-corrected chi connectivity index (χ1v) is 5.55. The van der Waals surface area contributed by atoms with E-state index in [2.05, 4.69) is 4.98 Å². The smallest absolute Gasteiger partial charge is 0.223 e. The molecule has 2 heterocycles. The normalized spacial score (nSPS) is 12.3. The Kier molecular flexibility index (Phi) is 3.43. The van der Waals surface area contributed by atoms with E-state index in [9.17, 15) is 15.0 Å². The van der Waals surface area contributed by atoms with Crippen LogP contribution in [0, 0.1) is 0 Å². The minimum absolute atomic E-state index is 0.157. The molecular weight excluding hydrogens is 232 g/mol. The molecule has 5 nitrogen and oxygen atoms in total. The minimum atomic E-state index is -0.808. The van der Waals surface area contributed by atoms with Gasteiger partial charge in [-0.05, 0) is 11.6 Å². The Morgan fingerprint density at radius 1 is 1.44 bits per heavy atom. The van der Waals surface area contributed by atoms with E-state index in [0.29, 0.717) is 11.3 Å². The summed E-state index contributed by atoms with van der Waals surface area (Å²) in [5.41, 5.74) is 0.605. The standard InChI is InChI=1S/C13H14N2O3/c1-15-6-4-11(16)13(18)10(15)7-12(17)9-3-2-5-14-8-9/h2-6,8,12,17-18H,7H2,1H3. The first-order chi connectivity index (χ1) is 8.59. The molecule has 1 unspecified atom stereocenters. The summed E-state index contributed by atoms with van der Waals surface area (Å²) >= 11 is 0. The Morgan fingerprint density at radius 3 is 2.89 bits per heavy atom. The van der Waals surface area contributed by atoms with Gasteiger partial charge in [-0.1, -0.05) is 6.07 Å². The summed E-state index contributed by atoms with van der Waals surface area (Å²) in [6.45, 7) is 0. The van der Waals surface area contributed by atoms with Crippen molar-refractivity contribution in [2.45, 2.75) is 12.5 Å². The van der Waals surface area contributed by atoms with E-state index in [1.54, 1.807) is 42.3 Å². The summed E-state index contributed by atoms with van der Waals surface area (Å²) in [6.07, 6.45) is 4.09. The fourth-order valence-corrected chi connectivity index (χ4v) is 1.77. The Morgan fingerprint density at radius 2 is 2.22 bits per heavy atom. The van der Waals surface area contributed by atoms with E-state index in [-0.39, 0.29) is 12.2 Å². The average molecular weight is 246 g/mol. The first kappa shape index (κ1) is 12.3. The van der Waals surface area contributed by atoms with Gasteiger partial charge in [-0.15, -0.1) is 0 Å². The fourth-order valence-electron chi connectivity index (χ4n) is 1.77. The number of rotatable bonds is 3. The Labute approximate surface area is 104 Å². The number of aliphatic hydroxyl groups excluding tert-OH is 1. The molecule has 0 amide bonds. The van der Waals surface area contributed by atoms with Gasteiger partial charge in [0, 0.05) is 38.1 Å². The molecule has 0 bridgehead atoms. The van der Waals surface area contributed by atoms with Crippen molar-refractivity contribution in [3.05, 3.63) is 58.3 Å². The van der Waals surface area contributed by atoms with Gasteiger partial charge < -0.3 is 14.8 Å². The highest BCUT2D eigenvalue weighted by Gasteiger charge is 2.15. The fraction of sp³-hybridized carbons (Fsp3) is 0.231. The highest BCUT2D eigenvalue weighted by molar-refractivity contribution is 5.28. The molecule has 2 aromatic heterocycles. The molecule has 2 rings (SSSR count). The summed E-state index contributed by atoms with van der Waals surface area (Å²) in [5.74, 6) is -0.317. The average Bonchev–Trinajstić information content (AvgIpc) is 2.40. The molecule has 0 saturated carbocycles. The molecule has 0 radical (unpaired) electrons. The molecule has 0 saturated heterocycles. The zero-order chi connectivity index (χ0) is 13.1. The van der Waals surface area contributed by atoms with Crippen molar-refractivity contribution in [3.8, 4) is 5.75 Å². The van der Waals surface area contributed by atoms with E-state index in [4.69, 9.17) is 0 Å². The Bertz CT molecular complexity index is 593. The van der Waals surface area contributed by atoms with Crippen LogP contribution in [0.4, 0.5) is 0 Å². The summed E-state index contributed by atoms with van der Waals surface area (Å²) in [5, 5.41) is 19.8. The predicted octanol–water partition coefficient (Wildman–Crippen LogP) is 0.762. The summed E-state index contributed by atoms with van der Waals surface area (Å²) in [6, 6.07) is 4.76. The topological polar surface area (TPSA) is 75.4 Å². The van der Waals surface area contributed by atoms with Crippen molar-refractivity contribution in [2.24, 2.45) is 7.05 Å². The highest BCUT2D eigenvalue weighted by Crippen LogP contribution is 2.20. The molecule has 0 aliphatic carbocycles. The lowest BCUT2D eigenvalue weighted by Crippen LogP contribution is -2.13. The van der Waals surface area contributed by atoms with E-state index >= 15 is 0 Å². The van der Waals surface area contributed by atoms with Gasteiger partial charge >= 0.3 is 0 Å². The van der Waals surface area contributed by atoms with Gasteiger partial charge in [-0.25, -0.2) is 0 Å². The monoisotopic (exact) mass is 246 g/mol. The van der Waals surface area contributed by atoms with Crippen molar-refractivity contribution in [3.63, 3.8) is 0 Å². The number of aliphatic hydroxyl groups is 1. The number of hydrogen-bond donors (Lipinski definition) is 2. The highest BCUT2D eigenvalue weighted by atomic mass is 16.3. The number of nitrogens with zero attached hydrogens (tertiary/aromatic N) is 2. The van der Waals surface area contributed by atoms with E-state index in [0.717, 1.165) is 0 Å². The maximum Gasteiger partial charge on any atom is 0.223 e. The molecule has 0 aliphatic rings. The SMILES string of the molecule is Cn1ccc(=O)c(O)c1CC(O)c1cccnc1. The van der Waals surface area contributed by atoms with Crippen LogP contribution in [-0.2, 0) is 13.5 Å². The minimum Gasteiger partial charge on any atom is -0.503 e. The molecule has 0 spiro atoms. The Hall–Kier alpha value is -2.14. The molecule has 18 heavy (non-hydrogen) atoms. The van der Waals surface area contributed by atoms with Gasteiger partial charge in [0.05, 0.1) is 11.8 Å². The quantitative estimate of drug-likeness (QED) is 0.838. The molecule has 1 atom stereocenters. The number of aromatic hydroxyl groups is 1. The van der Waals surface area contributed by atoms with Crippen molar-refractivity contribution in [2.75, 3.05) is 0 Å². The third kappa shape index (κ3) is 2.41. The van der Waals surface area contributed by atoms with Gasteiger partial charge in [0.15, 0.2) is 5.75 Å². The largest absolute Gasteiger partial charge is 0.503 e. The molecule has 0 aromatic carbocycles. The third-order valence-electron chi connectivity index (χ3n) is 2.84. The lowest BCUT2D eigenvalue weighted by molar-refractivity contribution is 0.174. The van der Waals surface area contributed by atoms with E-state index < -0.39 is 11.5 Å². The van der Waals surface area contributed by atoms with Crippen molar-refractivity contribution in [1.82, 2.24) is 9.55 Å². The van der Waals surface area contributed by atoms with E-state index in [1.165, 1.54) is 6.07 Å². The van der Waals surface area contributed by atoms with Crippen LogP contribution in [0.5, 0.6) is 5.75 Å². The maximum atomic E-state index is 11.4. The maximum absolute atomic E-state index is 11.4. The summed E-state index contributed by atoms with van der Waals surface area (Å²) < 4.78 is 1.62. The summed E-state index contributed by atoms with van der Waals surface area (Å²) in [7, 11) is 1.71. The van der Waals surface area contributed by atoms with Crippen molar-refractivity contribution in [1.29, 1.82) is 0 Å². The molecule has 0 fully saturated rings. The van der Waals surface area contributed by atoms with Crippen LogP contribution in [0.15, 0.2) is 41.6 Å². The van der Waals surface area contributed by atoms with Gasteiger partial charge in [0.25, 0.3) is 0 Å². The van der Waals surface area contributed by atoms with Gasteiger partial charge in [0.1, 0.15) is 0 Å². The van der Waals surface area contributed by atoms with Gasteiger partial charge in [-0.2, -0.15) is 0 Å². The molecular formula is C13H14N2O3. The number of hydrogen-bond acceptors (Lipinski definition) is 4. The van der Waals surface area contributed by atoms with Crippen LogP contribution in [0.3, 0.4) is 0 Å². The number of aryl methyl sites for hydroxylation is 1. The van der Waals surface area contributed by atoms with Gasteiger partial charge in [-0.3, -0.25) is 9.78 Å². The predicted molar refractivity (Wildman–Crippen MR) is 66.2 cm³/mol. The second kappa shape index (κ2) is 5.01. The number of aromatic nitrogens is 2. The number of pyridine rings is 2.